The largest absolute Gasteiger partial charge is 0.254 e. The first kappa shape index (κ1) is 8.80. The van der Waals surface area contributed by atoms with Crippen LogP contribution in [0.15, 0.2) is 30.6 Å². The van der Waals surface area contributed by atoms with Crippen LogP contribution in [0, 0.1) is 0 Å². The lowest BCUT2D eigenvalue weighted by Gasteiger charge is -1.92. The zero-order valence-corrected chi connectivity index (χ0v) is 7.47. The van der Waals surface area contributed by atoms with E-state index in [9.17, 15) is 4.39 Å². The molecule has 2 heterocycles. The summed E-state index contributed by atoms with van der Waals surface area (Å²) in [5.74, 6) is 0. The van der Waals surface area contributed by atoms with Gasteiger partial charge in [-0.15, -0.1) is 5.10 Å². The highest BCUT2D eigenvalue weighted by atomic mass is 18.2. The summed E-state index contributed by atoms with van der Waals surface area (Å²) in [6, 6.07) is 5.54. The van der Waals surface area contributed by atoms with E-state index in [0.29, 0.717) is 5.69 Å². The van der Waals surface area contributed by atoms with Gasteiger partial charge in [-0.05, 0) is 12.1 Å². The number of nitrogens with zero attached hydrogens (tertiary/aromatic N) is 4. The number of aromatic nitrogens is 4. The molecule has 0 amide bonds. The molecule has 0 aliphatic rings. The van der Waals surface area contributed by atoms with Crippen molar-refractivity contribution in [2.24, 2.45) is 0 Å². The van der Waals surface area contributed by atoms with E-state index in [4.69, 9.17) is 0 Å². The van der Waals surface area contributed by atoms with E-state index >= 15 is 0 Å². The second kappa shape index (κ2) is 3.95. The van der Waals surface area contributed by atoms with Crippen molar-refractivity contribution in [1.82, 2.24) is 20.0 Å². The second-order valence-electron chi connectivity index (χ2n) is 2.77. The number of halogens is 1. The van der Waals surface area contributed by atoms with Crippen molar-refractivity contribution in [3.8, 4) is 11.4 Å². The fraction of sp³-hybridized carbons (Fsp3) is 0.222. The third-order valence-electron chi connectivity index (χ3n) is 1.78. The van der Waals surface area contributed by atoms with Gasteiger partial charge in [-0.3, -0.25) is 4.98 Å². The van der Waals surface area contributed by atoms with Crippen molar-refractivity contribution in [1.29, 1.82) is 0 Å². The van der Waals surface area contributed by atoms with Crippen LogP contribution in [0.5, 0.6) is 0 Å². The average Bonchev–Trinajstić information content (AvgIpc) is 2.68. The molecule has 2 aromatic rings. The molecule has 0 saturated carbocycles. The van der Waals surface area contributed by atoms with Gasteiger partial charge in [0.15, 0.2) is 0 Å². The Morgan fingerprint density at radius 3 is 2.93 bits per heavy atom. The molecule has 5 heteroatoms. The Labute approximate surface area is 80.4 Å². The lowest BCUT2D eigenvalue weighted by Crippen LogP contribution is -1.99. The van der Waals surface area contributed by atoms with Crippen LogP contribution >= 0.6 is 0 Å². The molecule has 0 spiro atoms. The third-order valence-corrected chi connectivity index (χ3v) is 1.78. The molecule has 0 saturated heterocycles. The molecule has 2 aromatic heterocycles. The highest BCUT2D eigenvalue weighted by Crippen LogP contribution is 2.11. The van der Waals surface area contributed by atoms with Gasteiger partial charge in [0.25, 0.3) is 0 Å². The van der Waals surface area contributed by atoms with Gasteiger partial charge in [-0.2, -0.15) is 0 Å². The van der Waals surface area contributed by atoms with E-state index in [0.717, 1.165) is 5.69 Å². The van der Waals surface area contributed by atoms with Crippen molar-refractivity contribution >= 4 is 0 Å². The third kappa shape index (κ3) is 1.76. The quantitative estimate of drug-likeness (QED) is 0.734. The molecular formula is C9H9FN4. The van der Waals surface area contributed by atoms with Crippen molar-refractivity contribution in [3.63, 3.8) is 0 Å². The Kier molecular flexibility index (Phi) is 2.48. The predicted molar refractivity (Wildman–Crippen MR) is 49.2 cm³/mol. The van der Waals surface area contributed by atoms with E-state index in [1.165, 1.54) is 4.68 Å². The van der Waals surface area contributed by atoms with Crippen LogP contribution in [-0.4, -0.2) is 26.7 Å². The zero-order valence-electron chi connectivity index (χ0n) is 7.47. The molecule has 0 fully saturated rings. The summed E-state index contributed by atoms with van der Waals surface area (Å²) in [5.41, 5.74) is 1.41. The number of alkyl halides is 1. The Morgan fingerprint density at radius 1 is 1.29 bits per heavy atom. The number of rotatable bonds is 3. The minimum atomic E-state index is -0.439. The van der Waals surface area contributed by atoms with Crippen LogP contribution in [0.25, 0.3) is 11.4 Å². The molecule has 4 nitrogen and oxygen atoms in total. The van der Waals surface area contributed by atoms with Crippen LogP contribution in [0.2, 0.25) is 0 Å². The SMILES string of the molecule is [18F]CCn1cc(-c2ccccn2)nn1. The predicted octanol–water partition coefficient (Wildman–Crippen LogP) is 1.31. The number of hydrogen-bond donors (Lipinski definition) is 0. The van der Waals surface area contributed by atoms with Gasteiger partial charge >= 0.3 is 0 Å². The van der Waals surface area contributed by atoms with E-state index < -0.39 is 6.67 Å². The Hall–Kier alpha value is -1.78. The van der Waals surface area contributed by atoms with Gasteiger partial charge in [-0.1, -0.05) is 11.3 Å². The standard InChI is InChI=1S/C9H9FN4/c10-4-6-14-7-9(12-13-14)8-3-1-2-5-11-8/h1-3,5,7H,4,6H2/i10-1. The van der Waals surface area contributed by atoms with E-state index in [1.807, 2.05) is 18.2 Å². The first-order valence-corrected chi connectivity index (χ1v) is 4.27. The maximum Gasteiger partial charge on any atom is 0.131 e. The van der Waals surface area contributed by atoms with Crippen LogP contribution in [0.1, 0.15) is 0 Å². The molecule has 2 rings (SSSR count). The van der Waals surface area contributed by atoms with Crippen LogP contribution in [-0.2, 0) is 6.54 Å². The van der Waals surface area contributed by atoms with Crippen molar-refractivity contribution in [3.05, 3.63) is 30.6 Å². The van der Waals surface area contributed by atoms with Crippen LogP contribution in [0.3, 0.4) is 0 Å². The van der Waals surface area contributed by atoms with Gasteiger partial charge in [0.1, 0.15) is 12.4 Å². The van der Waals surface area contributed by atoms with Gasteiger partial charge in [-0.25, -0.2) is 9.07 Å². The van der Waals surface area contributed by atoms with Gasteiger partial charge in [0.05, 0.1) is 18.4 Å². The average molecular weight is 191 g/mol. The minimum absolute atomic E-state index is 0.236. The molecule has 0 N–H and O–H groups in total. The Balaban J connectivity index is 2.25. The highest BCUT2D eigenvalue weighted by molar-refractivity contribution is 5.51. The summed E-state index contributed by atoms with van der Waals surface area (Å²) in [6.45, 7) is -0.204. The number of aryl methyl sites for hydroxylation is 1. The maximum absolute atomic E-state index is 12.0. The maximum atomic E-state index is 12.0. The molecule has 0 aromatic carbocycles. The summed E-state index contributed by atoms with van der Waals surface area (Å²) in [6.07, 6.45) is 3.37. The van der Waals surface area contributed by atoms with Crippen molar-refractivity contribution < 1.29 is 4.39 Å². The molecule has 14 heavy (non-hydrogen) atoms. The molecule has 0 bridgehead atoms. The van der Waals surface area contributed by atoms with Crippen molar-refractivity contribution in [2.75, 3.05) is 6.67 Å². The van der Waals surface area contributed by atoms with E-state index in [1.54, 1.807) is 12.4 Å². The van der Waals surface area contributed by atoms with Crippen molar-refractivity contribution in [2.45, 2.75) is 6.54 Å². The summed E-state index contributed by atoms with van der Waals surface area (Å²) < 4.78 is 13.4. The Bertz CT molecular complexity index is 398. The molecule has 0 radical (unpaired) electrons. The summed E-state index contributed by atoms with van der Waals surface area (Å²) in [5, 5.41) is 7.66. The Morgan fingerprint density at radius 2 is 2.21 bits per heavy atom. The molecule has 72 valence electrons. The number of hydrogen-bond acceptors (Lipinski definition) is 3. The van der Waals surface area contributed by atoms with Gasteiger partial charge in [0, 0.05) is 6.20 Å². The van der Waals surface area contributed by atoms with Gasteiger partial charge < -0.3 is 0 Å². The molecule has 0 atom stereocenters. The molecule has 0 aliphatic carbocycles. The molecule has 0 aliphatic heterocycles. The summed E-state index contributed by atoms with van der Waals surface area (Å²) in [4.78, 5) is 4.11. The number of pyridine rings is 1. The fourth-order valence-corrected chi connectivity index (χ4v) is 1.13. The lowest BCUT2D eigenvalue weighted by molar-refractivity contribution is 0.422. The topological polar surface area (TPSA) is 43.6 Å². The molecule has 0 unspecified atom stereocenters. The van der Waals surface area contributed by atoms with E-state index in [-0.39, 0.29) is 6.54 Å². The second-order valence-corrected chi connectivity index (χ2v) is 2.77. The van der Waals surface area contributed by atoms with Gasteiger partial charge in [0.2, 0.25) is 0 Å². The van der Waals surface area contributed by atoms with Crippen LogP contribution < -0.4 is 0 Å². The molecular weight excluding hydrogens is 182 g/mol. The highest BCUT2D eigenvalue weighted by Gasteiger charge is 2.03. The first-order chi connectivity index (χ1) is 6.90. The lowest BCUT2D eigenvalue weighted by atomic mass is 10.3. The normalized spacial score (nSPS) is 10.4. The van der Waals surface area contributed by atoms with E-state index in [2.05, 4.69) is 15.3 Å². The van der Waals surface area contributed by atoms with Crippen LogP contribution in [0.4, 0.5) is 4.39 Å². The monoisotopic (exact) mass is 191 g/mol. The zero-order chi connectivity index (χ0) is 9.80. The smallest absolute Gasteiger partial charge is 0.131 e. The summed E-state index contributed by atoms with van der Waals surface area (Å²) in [7, 11) is 0. The first-order valence-electron chi connectivity index (χ1n) is 4.27. The summed E-state index contributed by atoms with van der Waals surface area (Å²) >= 11 is 0. The fourth-order valence-electron chi connectivity index (χ4n) is 1.13. The minimum Gasteiger partial charge on any atom is -0.254 e.